The molecular weight excluding hydrogens is 844 g/mol. The highest BCUT2D eigenvalue weighted by atomic mass is 79.9. The van der Waals surface area contributed by atoms with Gasteiger partial charge in [-0.3, -0.25) is 18.7 Å². The number of hydrogen-bond donors (Lipinski definition) is 8. The monoisotopic (exact) mass is 878 g/mol. The molecule has 20 heteroatoms. The van der Waals surface area contributed by atoms with Crippen molar-refractivity contribution in [3.8, 4) is 11.5 Å². The summed E-state index contributed by atoms with van der Waals surface area (Å²) in [4.78, 5) is 56.3. The largest absolute Gasteiger partial charge is 0.506 e. The summed E-state index contributed by atoms with van der Waals surface area (Å²) in [5.74, 6) is -1.03. The van der Waals surface area contributed by atoms with Crippen LogP contribution in [-0.4, -0.2) is 97.9 Å². The minimum absolute atomic E-state index is 0.0309. The van der Waals surface area contributed by atoms with Crippen LogP contribution in [0, 0.1) is 0 Å². The molecule has 2 aliphatic rings. The number of halogens is 2. The number of carbonyl (C=O) groups excluding carboxylic acids is 2. The number of hydrogen-bond acceptors (Lipinski definition) is 16. The summed E-state index contributed by atoms with van der Waals surface area (Å²) >= 11 is 6.60. The van der Waals surface area contributed by atoms with Crippen LogP contribution in [0.1, 0.15) is 39.1 Å². The van der Waals surface area contributed by atoms with E-state index in [-0.39, 0.29) is 42.6 Å². The van der Waals surface area contributed by atoms with E-state index in [0.717, 1.165) is 18.4 Å². The Morgan fingerprint density at radius 2 is 1.37 bits per heavy atom. The van der Waals surface area contributed by atoms with Gasteiger partial charge in [0.25, 0.3) is 0 Å². The second kappa shape index (κ2) is 16.9. The molecule has 0 radical (unpaired) electrons. The lowest BCUT2D eigenvalue weighted by molar-refractivity contribution is -0.158. The van der Waals surface area contributed by atoms with Crippen LogP contribution in [0.15, 0.2) is 79.5 Å². The van der Waals surface area contributed by atoms with E-state index in [1.54, 1.807) is 36.4 Å². The molecule has 4 heterocycles. The van der Waals surface area contributed by atoms with Crippen LogP contribution >= 0.6 is 31.9 Å². The number of nitrogens with one attached hydrogen (secondary N) is 2. The first-order valence-electron chi connectivity index (χ1n) is 16.2. The van der Waals surface area contributed by atoms with Crippen LogP contribution in [0.3, 0.4) is 0 Å². The summed E-state index contributed by atoms with van der Waals surface area (Å²) in [6.07, 6.45) is -4.01. The zero-order valence-corrected chi connectivity index (χ0v) is 31.7. The number of nitrogens with zero attached hydrogens (tertiary/aromatic N) is 4. The number of carbonyl (C=O) groups is 2. The minimum Gasteiger partial charge on any atom is -0.506 e. The second-order valence-corrected chi connectivity index (χ2v) is 14.1. The number of benzene rings is 2. The zero-order chi connectivity index (χ0) is 39.5. The number of phenolic OH excluding ortho intramolecular Hbond substituents is 2. The Labute approximate surface area is 322 Å². The highest BCUT2D eigenvalue weighted by molar-refractivity contribution is 9.11. The standard InChI is InChI=1S/C19H20BrN3O7.C15H16BrN3O5/c1-9(24)15(27)16-19(29,10(2)25)7-14(30-16)23-8-11(20)17(22-18(23)28)21-12-5-3-4-6-13(12)26;16-8-6-19(13-5-11(22)12(7-20)24-13)15(23)18-14(8)17-9-3-1-2-4-10(9)21/h3-6,8,14-16,26-27,29H,7H2,1-2H3,(H,21,22,28);1-4,6,11-13,20-22H,5,7H2,(H,17,18,23)/t14-,15?,16-,19-;11-,12+,13+/m10/s1. The maximum Gasteiger partial charge on any atom is 0.351 e. The lowest BCUT2D eigenvalue weighted by Crippen LogP contribution is -2.52. The Morgan fingerprint density at radius 1 is 0.889 bits per heavy atom. The van der Waals surface area contributed by atoms with Crippen molar-refractivity contribution in [2.45, 2.75) is 69.2 Å². The van der Waals surface area contributed by atoms with Crippen molar-refractivity contribution in [3.05, 3.63) is 90.8 Å². The lowest BCUT2D eigenvalue weighted by atomic mass is 9.86. The van der Waals surface area contributed by atoms with Crippen LogP contribution in [0.25, 0.3) is 0 Å². The van der Waals surface area contributed by atoms with Crippen molar-refractivity contribution in [2.24, 2.45) is 0 Å². The van der Waals surface area contributed by atoms with E-state index in [1.807, 2.05) is 0 Å². The summed E-state index contributed by atoms with van der Waals surface area (Å²) in [7, 11) is 0. The summed E-state index contributed by atoms with van der Waals surface area (Å²) in [6, 6.07) is 13.0. The van der Waals surface area contributed by atoms with Gasteiger partial charge in [0.1, 0.15) is 42.3 Å². The van der Waals surface area contributed by atoms with Crippen molar-refractivity contribution in [1.29, 1.82) is 0 Å². The number of aromatic hydroxyl groups is 2. The van der Waals surface area contributed by atoms with Crippen LogP contribution in [0.5, 0.6) is 11.5 Å². The molecule has 0 spiro atoms. The SMILES string of the molecule is CC(=O)C(O)[C@H]1O[C@@H](n2cc(Br)c(Nc3ccccc3O)nc2=O)C[C@@]1(O)C(C)=O.O=c1nc(Nc2ccccc2O)c(Br)cn1[C@H]1C[C@H](O)[C@@H](CO)O1. The van der Waals surface area contributed by atoms with Crippen LogP contribution in [-0.2, 0) is 19.1 Å². The van der Waals surface area contributed by atoms with E-state index in [0.29, 0.717) is 20.3 Å². The van der Waals surface area contributed by atoms with Crippen LogP contribution in [0.4, 0.5) is 23.0 Å². The molecule has 0 amide bonds. The normalized spacial score (nSPS) is 24.0. The Kier molecular flexibility index (Phi) is 12.7. The average Bonchev–Trinajstić information content (AvgIpc) is 3.69. The van der Waals surface area contributed by atoms with E-state index < -0.39 is 65.4 Å². The minimum atomic E-state index is -2.14. The smallest absolute Gasteiger partial charge is 0.351 e. The number of para-hydroxylation sites is 4. The number of aliphatic hydroxyl groups excluding tert-OH is 3. The second-order valence-electron chi connectivity index (χ2n) is 12.4. The van der Waals surface area contributed by atoms with Gasteiger partial charge in [-0.2, -0.15) is 9.97 Å². The van der Waals surface area contributed by atoms with Gasteiger partial charge in [-0.05, 0) is 70.0 Å². The highest BCUT2D eigenvalue weighted by Gasteiger charge is 2.55. The molecule has 1 unspecified atom stereocenters. The number of ketones is 2. The Hall–Kier alpha value is -4.54. The van der Waals surface area contributed by atoms with Gasteiger partial charge in [-0.15, -0.1) is 0 Å². The van der Waals surface area contributed by atoms with E-state index in [1.165, 1.54) is 29.1 Å². The van der Waals surface area contributed by atoms with Gasteiger partial charge in [0.05, 0.1) is 33.0 Å². The van der Waals surface area contributed by atoms with Gasteiger partial charge in [-0.1, -0.05) is 24.3 Å². The predicted molar refractivity (Wildman–Crippen MR) is 198 cm³/mol. The van der Waals surface area contributed by atoms with E-state index >= 15 is 0 Å². The Balaban J connectivity index is 0.000000213. The van der Waals surface area contributed by atoms with Gasteiger partial charge < -0.3 is 50.7 Å². The molecule has 0 bridgehead atoms. The van der Waals surface area contributed by atoms with Gasteiger partial charge in [0.15, 0.2) is 28.8 Å². The number of ether oxygens (including phenoxy) is 2. The quantitative estimate of drug-likeness (QED) is 0.106. The number of phenols is 2. The number of aromatic nitrogens is 4. The molecule has 2 aromatic carbocycles. The molecule has 4 aromatic rings. The van der Waals surface area contributed by atoms with Gasteiger partial charge in [0.2, 0.25) is 0 Å². The average molecular weight is 881 g/mol. The first-order chi connectivity index (χ1) is 25.5. The third-order valence-corrected chi connectivity index (χ3v) is 9.87. The van der Waals surface area contributed by atoms with Crippen molar-refractivity contribution < 1.29 is 49.7 Å². The fourth-order valence-corrected chi connectivity index (χ4v) is 6.53. The number of Topliss-reactive ketones (excluding diaryl/α,β-unsaturated/α-hetero) is 2. The summed E-state index contributed by atoms with van der Waals surface area (Å²) in [5, 5.41) is 65.1. The van der Waals surface area contributed by atoms with E-state index in [2.05, 4.69) is 52.5 Å². The lowest BCUT2D eigenvalue weighted by Gasteiger charge is -2.27. The molecule has 0 saturated carbocycles. The number of aliphatic hydroxyl groups is 4. The molecule has 7 atom stereocenters. The summed E-state index contributed by atoms with van der Waals surface area (Å²) in [5.41, 5.74) is -2.75. The first kappa shape index (κ1) is 40.6. The third-order valence-electron chi connectivity index (χ3n) is 8.71. The van der Waals surface area contributed by atoms with Crippen molar-refractivity contribution in [3.63, 3.8) is 0 Å². The first-order valence-corrected chi connectivity index (χ1v) is 17.8. The van der Waals surface area contributed by atoms with E-state index in [4.69, 9.17) is 14.6 Å². The van der Waals surface area contributed by atoms with E-state index in [9.17, 15) is 44.7 Å². The molecular formula is C34H36Br2N6O12. The predicted octanol–water partition coefficient (Wildman–Crippen LogP) is 2.11. The van der Waals surface area contributed by atoms with Gasteiger partial charge >= 0.3 is 11.4 Å². The van der Waals surface area contributed by atoms with Crippen LogP contribution < -0.4 is 22.0 Å². The maximum absolute atomic E-state index is 12.6. The summed E-state index contributed by atoms with van der Waals surface area (Å²) in [6.45, 7) is 1.89. The zero-order valence-electron chi connectivity index (χ0n) is 28.5. The maximum atomic E-state index is 12.6. The molecule has 2 fully saturated rings. The topological polar surface area (TPSA) is 268 Å². The number of rotatable bonds is 10. The van der Waals surface area contributed by atoms with Crippen molar-refractivity contribution in [2.75, 3.05) is 17.2 Å². The molecule has 2 aliphatic heterocycles. The molecule has 8 N–H and O–H groups in total. The van der Waals surface area contributed by atoms with Gasteiger partial charge in [-0.25, -0.2) is 9.59 Å². The fourth-order valence-electron chi connectivity index (χ4n) is 5.71. The number of anilines is 4. The molecule has 6 rings (SSSR count). The van der Waals surface area contributed by atoms with Crippen molar-refractivity contribution >= 4 is 66.4 Å². The molecule has 18 nitrogen and oxygen atoms in total. The molecule has 2 aromatic heterocycles. The Bertz CT molecular complexity index is 2150. The third kappa shape index (κ3) is 8.71. The molecule has 0 aliphatic carbocycles. The van der Waals surface area contributed by atoms with Crippen molar-refractivity contribution in [1.82, 2.24) is 19.1 Å². The van der Waals surface area contributed by atoms with Crippen LogP contribution in [0.2, 0.25) is 0 Å². The molecule has 54 heavy (non-hydrogen) atoms. The fraction of sp³-hybridized carbons (Fsp3) is 0.353. The van der Waals surface area contributed by atoms with Gasteiger partial charge in [0, 0.05) is 25.2 Å². The summed E-state index contributed by atoms with van der Waals surface area (Å²) < 4.78 is 14.1. The highest BCUT2D eigenvalue weighted by Crippen LogP contribution is 2.40. The molecule has 288 valence electrons. The Morgan fingerprint density at radius 3 is 1.80 bits per heavy atom. The molecule has 2 saturated heterocycles.